The molecule has 0 spiro atoms. The number of amides is 1. The van der Waals surface area contributed by atoms with E-state index in [1.807, 2.05) is 0 Å². The summed E-state index contributed by atoms with van der Waals surface area (Å²) in [7, 11) is 0. The van der Waals surface area contributed by atoms with E-state index in [0.717, 1.165) is 0 Å². The number of carbonyl (C=O) groups is 1. The van der Waals surface area contributed by atoms with E-state index in [9.17, 15) is 13.6 Å². The topological polar surface area (TPSA) is 42.2 Å². The van der Waals surface area contributed by atoms with Crippen molar-refractivity contribution in [3.63, 3.8) is 0 Å². The SMILES string of the molecule is CC(NC(=O)c1ccc(-c2ccc(F)cc2)o1)c1ccccc1F. The number of furan rings is 1. The maximum absolute atomic E-state index is 13.7. The molecule has 0 radical (unpaired) electrons. The fourth-order valence-electron chi connectivity index (χ4n) is 2.40. The third-order valence-corrected chi connectivity index (χ3v) is 3.68. The minimum atomic E-state index is -0.502. The van der Waals surface area contributed by atoms with Gasteiger partial charge in [0.25, 0.3) is 5.91 Å². The molecule has 0 aliphatic heterocycles. The third-order valence-electron chi connectivity index (χ3n) is 3.68. The van der Waals surface area contributed by atoms with E-state index in [2.05, 4.69) is 5.32 Å². The van der Waals surface area contributed by atoms with Crippen molar-refractivity contribution in [2.45, 2.75) is 13.0 Å². The molecule has 1 amide bonds. The summed E-state index contributed by atoms with van der Waals surface area (Å²) < 4.78 is 32.2. The van der Waals surface area contributed by atoms with Crippen LogP contribution in [0.4, 0.5) is 8.78 Å². The van der Waals surface area contributed by atoms with Gasteiger partial charge in [-0.05, 0) is 49.4 Å². The van der Waals surface area contributed by atoms with E-state index in [0.29, 0.717) is 16.9 Å². The average Bonchev–Trinajstić information content (AvgIpc) is 3.06. The van der Waals surface area contributed by atoms with Crippen molar-refractivity contribution in [1.82, 2.24) is 5.32 Å². The Hall–Kier alpha value is -2.95. The largest absolute Gasteiger partial charge is 0.451 e. The Morgan fingerprint density at radius 2 is 1.71 bits per heavy atom. The highest BCUT2D eigenvalue weighted by atomic mass is 19.1. The smallest absolute Gasteiger partial charge is 0.287 e. The minimum Gasteiger partial charge on any atom is -0.451 e. The van der Waals surface area contributed by atoms with Gasteiger partial charge in [-0.2, -0.15) is 0 Å². The van der Waals surface area contributed by atoms with Crippen LogP contribution in [0.1, 0.15) is 29.1 Å². The van der Waals surface area contributed by atoms with Gasteiger partial charge in [0.2, 0.25) is 0 Å². The zero-order valence-corrected chi connectivity index (χ0v) is 12.9. The van der Waals surface area contributed by atoms with Gasteiger partial charge in [-0.1, -0.05) is 18.2 Å². The summed E-state index contributed by atoms with van der Waals surface area (Å²) in [6, 6.07) is 14.7. The van der Waals surface area contributed by atoms with Crippen molar-refractivity contribution in [2.24, 2.45) is 0 Å². The molecule has 1 N–H and O–H groups in total. The summed E-state index contributed by atoms with van der Waals surface area (Å²) in [5.74, 6) is -0.603. The predicted octanol–water partition coefficient (Wildman–Crippen LogP) is 4.72. The van der Waals surface area contributed by atoms with Gasteiger partial charge in [0.15, 0.2) is 5.76 Å². The molecule has 1 aromatic heterocycles. The molecule has 3 rings (SSSR count). The Bertz CT molecular complexity index is 856. The number of hydrogen-bond acceptors (Lipinski definition) is 2. The monoisotopic (exact) mass is 327 g/mol. The number of carbonyl (C=O) groups excluding carboxylic acids is 1. The lowest BCUT2D eigenvalue weighted by atomic mass is 10.1. The summed E-state index contributed by atoms with van der Waals surface area (Å²) >= 11 is 0. The first-order valence-electron chi connectivity index (χ1n) is 7.45. The van der Waals surface area contributed by atoms with Crippen molar-refractivity contribution in [2.75, 3.05) is 0 Å². The number of rotatable bonds is 4. The van der Waals surface area contributed by atoms with Gasteiger partial charge in [0, 0.05) is 11.1 Å². The van der Waals surface area contributed by atoms with Crippen LogP contribution >= 0.6 is 0 Å². The van der Waals surface area contributed by atoms with Crippen molar-refractivity contribution >= 4 is 5.91 Å². The standard InChI is InChI=1S/C19H15F2NO2/c1-12(15-4-2-3-5-16(15)21)22-19(23)18-11-10-17(24-18)13-6-8-14(20)9-7-13/h2-12H,1H3,(H,22,23). The van der Waals surface area contributed by atoms with Crippen LogP contribution < -0.4 is 5.32 Å². The summed E-state index contributed by atoms with van der Waals surface area (Å²) in [6.07, 6.45) is 0. The normalized spacial score (nSPS) is 12.0. The van der Waals surface area contributed by atoms with Crippen molar-refractivity contribution in [3.8, 4) is 11.3 Å². The van der Waals surface area contributed by atoms with Gasteiger partial charge in [-0.15, -0.1) is 0 Å². The molecular weight excluding hydrogens is 312 g/mol. The molecule has 2 aromatic carbocycles. The lowest BCUT2D eigenvalue weighted by molar-refractivity contribution is 0.0912. The molecule has 1 heterocycles. The van der Waals surface area contributed by atoms with Gasteiger partial charge in [-0.25, -0.2) is 8.78 Å². The Kier molecular flexibility index (Phi) is 4.42. The van der Waals surface area contributed by atoms with E-state index in [-0.39, 0.29) is 17.4 Å². The fourth-order valence-corrected chi connectivity index (χ4v) is 2.40. The molecule has 0 saturated carbocycles. The lowest BCUT2D eigenvalue weighted by Crippen LogP contribution is -2.26. The number of benzene rings is 2. The summed E-state index contributed by atoms with van der Waals surface area (Å²) in [5, 5.41) is 2.69. The number of halogens is 2. The van der Waals surface area contributed by atoms with E-state index in [1.54, 1.807) is 43.3 Å². The Morgan fingerprint density at radius 3 is 2.42 bits per heavy atom. The molecule has 0 bridgehead atoms. The molecular formula is C19H15F2NO2. The zero-order valence-electron chi connectivity index (χ0n) is 12.9. The highest BCUT2D eigenvalue weighted by Gasteiger charge is 2.17. The Morgan fingerprint density at radius 1 is 1.00 bits per heavy atom. The summed E-state index contributed by atoms with van der Waals surface area (Å²) in [6.45, 7) is 1.69. The quantitative estimate of drug-likeness (QED) is 0.753. The summed E-state index contributed by atoms with van der Waals surface area (Å²) in [4.78, 5) is 12.3. The first kappa shape index (κ1) is 15.9. The molecule has 0 aliphatic rings. The highest BCUT2D eigenvalue weighted by molar-refractivity contribution is 5.92. The van der Waals surface area contributed by atoms with Gasteiger partial charge >= 0.3 is 0 Å². The van der Waals surface area contributed by atoms with Gasteiger partial charge in [0.1, 0.15) is 17.4 Å². The highest BCUT2D eigenvalue weighted by Crippen LogP contribution is 2.23. The second-order valence-corrected chi connectivity index (χ2v) is 5.39. The zero-order chi connectivity index (χ0) is 17.1. The molecule has 0 saturated heterocycles. The molecule has 3 aromatic rings. The van der Waals surface area contributed by atoms with Crippen LogP contribution in [-0.4, -0.2) is 5.91 Å². The van der Waals surface area contributed by atoms with Crippen LogP contribution in [0.2, 0.25) is 0 Å². The second kappa shape index (κ2) is 6.66. The number of nitrogens with one attached hydrogen (secondary N) is 1. The fraction of sp³-hybridized carbons (Fsp3) is 0.105. The minimum absolute atomic E-state index is 0.109. The van der Waals surface area contributed by atoms with Crippen LogP contribution in [0.5, 0.6) is 0 Å². The first-order valence-corrected chi connectivity index (χ1v) is 7.45. The molecule has 5 heteroatoms. The molecule has 0 fully saturated rings. The van der Waals surface area contributed by atoms with E-state index >= 15 is 0 Å². The van der Waals surface area contributed by atoms with Crippen LogP contribution in [0.25, 0.3) is 11.3 Å². The Balaban J connectivity index is 1.74. The van der Waals surface area contributed by atoms with Crippen LogP contribution in [-0.2, 0) is 0 Å². The lowest BCUT2D eigenvalue weighted by Gasteiger charge is -2.14. The van der Waals surface area contributed by atoms with E-state index < -0.39 is 11.9 Å². The van der Waals surface area contributed by atoms with Crippen LogP contribution in [0.3, 0.4) is 0 Å². The van der Waals surface area contributed by atoms with E-state index in [1.165, 1.54) is 24.3 Å². The predicted molar refractivity (Wildman–Crippen MR) is 86.4 cm³/mol. The van der Waals surface area contributed by atoms with Crippen molar-refractivity contribution in [3.05, 3.63) is 83.6 Å². The molecule has 0 aliphatic carbocycles. The average molecular weight is 327 g/mol. The van der Waals surface area contributed by atoms with Crippen LogP contribution in [0.15, 0.2) is 65.1 Å². The number of hydrogen-bond donors (Lipinski definition) is 1. The van der Waals surface area contributed by atoms with Crippen molar-refractivity contribution in [1.29, 1.82) is 0 Å². The maximum Gasteiger partial charge on any atom is 0.287 e. The van der Waals surface area contributed by atoms with Gasteiger partial charge in [-0.3, -0.25) is 4.79 Å². The molecule has 1 unspecified atom stereocenters. The third kappa shape index (κ3) is 3.35. The molecule has 3 nitrogen and oxygen atoms in total. The summed E-state index contributed by atoms with van der Waals surface area (Å²) in [5.41, 5.74) is 1.06. The van der Waals surface area contributed by atoms with Crippen molar-refractivity contribution < 1.29 is 18.0 Å². The van der Waals surface area contributed by atoms with Gasteiger partial charge < -0.3 is 9.73 Å². The Labute approximate surface area is 137 Å². The second-order valence-electron chi connectivity index (χ2n) is 5.39. The molecule has 24 heavy (non-hydrogen) atoms. The van der Waals surface area contributed by atoms with Gasteiger partial charge in [0.05, 0.1) is 6.04 Å². The molecule has 1 atom stereocenters. The molecule has 122 valence electrons. The van der Waals surface area contributed by atoms with E-state index in [4.69, 9.17) is 4.42 Å². The first-order chi connectivity index (χ1) is 11.5. The maximum atomic E-state index is 13.7. The van der Waals surface area contributed by atoms with Crippen LogP contribution in [0, 0.1) is 11.6 Å².